The molecule has 3 nitrogen and oxygen atoms in total. The van der Waals surface area contributed by atoms with E-state index in [1.165, 1.54) is 10.4 Å². The summed E-state index contributed by atoms with van der Waals surface area (Å²) in [6, 6.07) is 1.93. The van der Waals surface area contributed by atoms with Gasteiger partial charge in [-0.15, -0.1) is 11.3 Å². The lowest BCUT2D eigenvalue weighted by Gasteiger charge is -2.21. The maximum Gasteiger partial charge on any atom is 0.258 e. The fraction of sp³-hybridized carbons (Fsp3) is 0.444. The van der Waals surface area contributed by atoms with E-state index in [2.05, 4.69) is 11.9 Å². The Morgan fingerprint density at radius 1 is 1.69 bits per heavy atom. The second-order valence-electron chi connectivity index (χ2n) is 3.41. The number of primary amides is 1. The van der Waals surface area contributed by atoms with Crippen LogP contribution < -0.4 is 5.73 Å². The summed E-state index contributed by atoms with van der Waals surface area (Å²) in [5, 5.41) is 0. The van der Waals surface area contributed by atoms with Crippen LogP contribution in [0.15, 0.2) is 6.07 Å². The third-order valence-corrected chi connectivity index (χ3v) is 3.55. The molecule has 70 valence electrons. The van der Waals surface area contributed by atoms with Crippen LogP contribution in [0.1, 0.15) is 20.1 Å². The van der Waals surface area contributed by atoms with Gasteiger partial charge in [-0.3, -0.25) is 4.79 Å². The number of carbonyl (C=O) groups is 1. The van der Waals surface area contributed by atoms with Gasteiger partial charge in [0.25, 0.3) is 5.91 Å². The van der Waals surface area contributed by atoms with Crippen molar-refractivity contribution in [3.8, 4) is 0 Å². The Morgan fingerprint density at radius 2 is 2.46 bits per heavy atom. The number of thiophene rings is 1. The molecule has 0 aliphatic carbocycles. The monoisotopic (exact) mass is 196 g/mol. The summed E-state index contributed by atoms with van der Waals surface area (Å²) in [4.78, 5) is 15.2. The maximum atomic E-state index is 10.9. The Hall–Kier alpha value is -0.870. The number of nitrogens with zero attached hydrogens (tertiary/aromatic N) is 1. The Bertz CT molecular complexity index is 345. The van der Waals surface area contributed by atoms with Gasteiger partial charge in [0, 0.05) is 18.0 Å². The molecule has 0 aromatic carbocycles. The van der Waals surface area contributed by atoms with Crippen LogP contribution in [-0.2, 0) is 13.0 Å². The molecule has 1 aromatic rings. The van der Waals surface area contributed by atoms with Crippen molar-refractivity contribution >= 4 is 17.2 Å². The molecule has 0 bridgehead atoms. The third kappa shape index (κ3) is 1.59. The number of amides is 1. The van der Waals surface area contributed by atoms with Crippen molar-refractivity contribution < 1.29 is 4.79 Å². The molecule has 13 heavy (non-hydrogen) atoms. The van der Waals surface area contributed by atoms with E-state index in [4.69, 9.17) is 5.73 Å². The first-order chi connectivity index (χ1) is 6.16. The van der Waals surface area contributed by atoms with Crippen molar-refractivity contribution in [1.29, 1.82) is 0 Å². The largest absolute Gasteiger partial charge is 0.365 e. The van der Waals surface area contributed by atoms with Crippen molar-refractivity contribution in [3.63, 3.8) is 0 Å². The predicted octanol–water partition coefficient (Wildman–Crippen LogP) is 0.835. The minimum absolute atomic E-state index is 0.304. The van der Waals surface area contributed by atoms with Gasteiger partial charge >= 0.3 is 0 Å². The molecule has 0 spiro atoms. The van der Waals surface area contributed by atoms with Gasteiger partial charge in [0.15, 0.2) is 0 Å². The first-order valence-electron chi connectivity index (χ1n) is 4.27. The number of hydrogen-bond acceptors (Lipinski definition) is 3. The van der Waals surface area contributed by atoms with Crippen LogP contribution in [0, 0.1) is 0 Å². The summed E-state index contributed by atoms with van der Waals surface area (Å²) >= 11 is 1.54. The van der Waals surface area contributed by atoms with Crippen LogP contribution in [0.3, 0.4) is 0 Å². The molecule has 0 saturated carbocycles. The topological polar surface area (TPSA) is 46.3 Å². The van der Waals surface area contributed by atoms with Gasteiger partial charge in [0.2, 0.25) is 0 Å². The van der Waals surface area contributed by atoms with Gasteiger partial charge in [-0.1, -0.05) is 0 Å². The minimum Gasteiger partial charge on any atom is -0.365 e. The number of hydrogen-bond donors (Lipinski definition) is 1. The lowest BCUT2D eigenvalue weighted by molar-refractivity contribution is 0.100. The molecular weight excluding hydrogens is 184 g/mol. The van der Waals surface area contributed by atoms with Crippen LogP contribution in [0.5, 0.6) is 0 Å². The summed E-state index contributed by atoms with van der Waals surface area (Å²) in [7, 11) is 2.09. The number of carbonyl (C=O) groups excluding carboxylic acids is 1. The Balaban J connectivity index is 2.33. The summed E-state index contributed by atoms with van der Waals surface area (Å²) < 4.78 is 0. The van der Waals surface area contributed by atoms with E-state index in [9.17, 15) is 4.79 Å². The molecule has 2 rings (SSSR count). The van der Waals surface area contributed by atoms with Crippen molar-refractivity contribution in [2.45, 2.75) is 13.0 Å². The smallest absolute Gasteiger partial charge is 0.258 e. The van der Waals surface area contributed by atoms with E-state index in [-0.39, 0.29) is 5.91 Å². The highest BCUT2D eigenvalue weighted by Crippen LogP contribution is 2.27. The average Bonchev–Trinajstić information content (AvgIpc) is 2.46. The quantitative estimate of drug-likeness (QED) is 0.723. The van der Waals surface area contributed by atoms with Gasteiger partial charge in [-0.25, -0.2) is 0 Å². The lowest BCUT2D eigenvalue weighted by Crippen LogP contribution is -2.25. The summed E-state index contributed by atoms with van der Waals surface area (Å²) in [5.41, 5.74) is 6.49. The van der Waals surface area contributed by atoms with Crippen LogP contribution in [0.4, 0.5) is 0 Å². The van der Waals surface area contributed by atoms with Crippen molar-refractivity contribution in [1.82, 2.24) is 4.90 Å². The summed E-state index contributed by atoms with van der Waals surface area (Å²) in [5.74, 6) is -0.304. The molecule has 1 aliphatic heterocycles. The minimum atomic E-state index is -0.304. The fourth-order valence-electron chi connectivity index (χ4n) is 1.60. The second-order valence-corrected chi connectivity index (χ2v) is 4.55. The van der Waals surface area contributed by atoms with E-state index in [0.717, 1.165) is 19.5 Å². The average molecular weight is 196 g/mol. The third-order valence-electron chi connectivity index (χ3n) is 2.30. The molecule has 2 N–H and O–H groups in total. The number of likely N-dealkylation sites (N-methyl/N-ethyl adjacent to an activating group) is 1. The van der Waals surface area contributed by atoms with Crippen LogP contribution >= 0.6 is 11.3 Å². The highest BCUT2D eigenvalue weighted by Gasteiger charge is 2.17. The zero-order chi connectivity index (χ0) is 9.42. The first-order valence-corrected chi connectivity index (χ1v) is 5.08. The molecule has 0 atom stereocenters. The van der Waals surface area contributed by atoms with E-state index < -0.39 is 0 Å². The van der Waals surface area contributed by atoms with E-state index in [1.807, 2.05) is 6.07 Å². The van der Waals surface area contributed by atoms with E-state index >= 15 is 0 Å². The summed E-state index contributed by atoms with van der Waals surface area (Å²) in [6.07, 6.45) is 1.05. The normalized spacial score (nSPS) is 17.0. The summed E-state index contributed by atoms with van der Waals surface area (Å²) in [6.45, 7) is 2.02. The fourth-order valence-corrected chi connectivity index (χ4v) is 2.61. The van der Waals surface area contributed by atoms with Crippen LogP contribution in [0.25, 0.3) is 0 Å². The molecule has 0 radical (unpaired) electrons. The number of fused-ring (bicyclic) bond motifs is 1. The Labute approximate surface area is 81.2 Å². The molecule has 0 saturated heterocycles. The SMILES string of the molecule is CN1CCc2sc(C(N)=O)cc2C1. The number of nitrogens with two attached hydrogens (primary N) is 1. The van der Waals surface area contributed by atoms with Gasteiger partial charge in [0.1, 0.15) is 0 Å². The second kappa shape index (κ2) is 3.12. The van der Waals surface area contributed by atoms with Crippen LogP contribution in [-0.4, -0.2) is 24.4 Å². The van der Waals surface area contributed by atoms with E-state index in [0.29, 0.717) is 4.88 Å². The van der Waals surface area contributed by atoms with Gasteiger partial charge in [0.05, 0.1) is 4.88 Å². The highest BCUT2D eigenvalue weighted by molar-refractivity contribution is 7.14. The molecule has 0 unspecified atom stereocenters. The zero-order valence-corrected chi connectivity index (χ0v) is 8.36. The maximum absolute atomic E-state index is 10.9. The number of rotatable bonds is 1. The molecule has 1 aromatic heterocycles. The zero-order valence-electron chi connectivity index (χ0n) is 7.54. The van der Waals surface area contributed by atoms with Crippen molar-refractivity contribution in [2.75, 3.05) is 13.6 Å². The van der Waals surface area contributed by atoms with Gasteiger partial charge in [-0.2, -0.15) is 0 Å². The molecule has 4 heteroatoms. The van der Waals surface area contributed by atoms with Gasteiger partial charge in [-0.05, 0) is 25.1 Å². The Kier molecular flexibility index (Phi) is 2.09. The lowest BCUT2D eigenvalue weighted by atomic mass is 10.1. The molecule has 1 aliphatic rings. The van der Waals surface area contributed by atoms with Gasteiger partial charge < -0.3 is 10.6 Å². The molecule has 0 fully saturated rings. The molecular formula is C9H12N2OS. The Morgan fingerprint density at radius 3 is 3.15 bits per heavy atom. The van der Waals surface area contributed by atoms with Crippen LogP contribution in [0.2, 0.25) is 0 Å². The van der Waals surface area contributed by atoms with Crippen molar-refractivity contribution in [3.05, 3.63) is 21.4 Å². The van der Waals surface area contributed by atoms with Crippen molar-refractivity contribution in [2.24, 2.45) is 5.73 Å². The standard InChI is InChI=1S/C9H12N2OS/c1-11-3-2-7-6(5-11)4-8(13-7)9(10)12/h4H,2-3,5H2,1H3,(H2,10,12). The van der Waals surface area contributed by atoms with E-state index in [1.54, 1.807) is 11.3 Å². The molecule has 2 heterocycles. The molecule has 1 amide bonds. The predicted molar refractivity (Wildman–Crippen MR) is 52.9 cm³/mol. The first kappa shape index (κ1) is 8.72. The highest BCUT2D eigenvalue weighted by atomic mass is 32.1.